The molecule has 35 heavy (non-hydrogen) atoms. The third-order valence-corrected chi connectivity index (χ3v) is 5.27. The van der Waals surface area contributed by atoms with Crippen LogP contribution in [-0.2, 0) is 4.79 Å². The molecule has 1 atom stereocenters. The third-order valence-electron chi connectivity index (χ3n) is 5.27. The Bertz CT molecular complexity index is 1170. The predicted octanol–water partition coefficient (Wildman–Crippen LogP) is 4.36. The minimum atomic E-state index is 0.433. The van der Waals surface area contributed by atoms with Crippen molar-refractivity contribution in [3.63, 3.8) is 0 Å². The fourth-order valence-electron chi connectivity index (χ4n) is 3.84. The number of carbonyl (C=O) groups excluding carboxylic acids is 1. The van der Waals surface area contributed by atoms with E-state index in [1.807, 2.05) is 40.5 Å². The first-order valence-electron chi connectivity index (χ1n) is 11.7. The lowest BCUT2D eigenvalue weighted by Crippen LogP contribution is -2.16. The quantitative estimate of drug-likeness (QED) is 0.448. The molecule has 1 saturated heterocycles. The van der Waals surface area contributed by atoms with Crippen LogP contribution in [0.5, 0.6) is 0 Å². The maximum atomic E-state index is 8.00. The summed E-state index contributed by atoms with van der Waals surface area (Å²) in [6.45, 7) is 10.5. The van der Waals surface area contributed by atoms with Gasteiger partial charge >= 0.3 is 0 Å². The van der Waals surface area contributed by atoms with E-state index in [4.69, 9.17) is 9.90 Å². The van der Waals surface area contributed by atoms with Crippen LogP contribution >= 0.6 is 0 Å². The zero-order valence-electron chi connectivity index (χ0n) is 21.3. The largest absolute Gasteiger partial charge is 0.400 e. The summed E-state index contributed by atoms with van der Waals surface area (Å²) >= 11 is 0. The van der Waals surface area contributed by atoms with Crippen molar-refractivity contribution in [3.8, 4) is 11.3 Å². The predicted molar refractivity (Wildman–Crippen MR) is 141 cm³/mol. The molecule has 4 aromatic rings. The van der Waals surface area contributed by atoms with Crippen molar-refractivity contribution in [2.45, 2.75) is 39.7 Å². The van der Waals surface area contributed by atoms with E-state index in [0.717, 1.165) is 49.2 Å². The molecule has 4 heterocycles. The summed E-state index contributed by atoms with van der Waals surface area (Å²) in [5.41, 5.74) is 5.08. The van der Waals surface area contributed by atoms with Crippen LogP contribution in [0.4, 0.5) is 11.6 Å². The smallest absolute Gasteiger partial charge is 0.247 e. The Hall–Kier alpha value is -3.56. The second-order valence-corrected chi connectivity index (χ2v) is 8.23. The van der Waals surface area contributed by atoms with E-state index >= 15 is 0 Å². The van der Waals surface area contributed by atoms with Gasteiger partial charge in [0.2, 0.25) is 5.95 Å². The molecular weight excluding hydrogens is 442 g/mol. The van der Waals surface area contributed by atoms with E-state index in [2.05, 4.69) is 83.5 Å². The Labute approximate surface area is 207 Å². The topological polar surface area (TPSA) is 101 Å². The molecule has 1 fully saturated rings. The summed E-state index contributed by atoms with van der Waals surface area (Å²) in [6.07, 6.45) is 6.26. The summed E-state index contributed by atoms with van der Waals surface area (Å²) in [5, 5.41) is 19.5. The molecule has 0 aliphatic carbocycles. The van der Waals surface area contributed by atoms with E-state index < -0.39 is 0 Å². The average Bonchev–Trinajstić information content (AvgIpc) is 3.61. The molecule has 0 spiro atoms. The number of aliphatic hydroxyl groups excluding tert-OH is 1. The first kappa shape index (κ1) is 27.7. The van der Waals surface area contributed by atoms with Crippen molar-refractivity contribution in [2.75, 3.05) is 32.6 Å². The zero-order chi connectivity index (χ0) is 25.8. The molecule has 1 unspecified atom stereocenters. The molecule has 2 N–H and O–H groups in total. The maximum Gasteiger partial charge on any atom is 0.247 e. The number of benzene rings is 1. The highest BCUT2D eigenvalue weighted by molar-refractivity contribution is 5.65. The molecule has 0 bridgehead atoms. The second kappa shape index (κ2) is 14.0. The molecule has 1 aliphatic rings. The minimum Gasteiger partial charge on any atom is -0.400 e. The van der Waals surface area contributed by atoms with Gasteiger partial charge in [0.25, 0.3) is 0 Å². The molecule has 9 nitrogen and oxygen atoms in total. The summed E-state index contributed by atoms with van der Waals surface area (Å²) in [6, 6.07) is 14.9. The van der Waals surface area contributed by atoms with Gasteiger partial charge in [-0.25, -0.2) is 4.52 Å². The SMILES string of the molecule is C=O.CCC.CO.Cc1cccc(-c2cccc3nc(Nc4cnn(C5CCN(C)C5)c4)nn23)c1. The van der Waals surface area contributed by atoms with E-state index in [1.165, 1.54) is 12.0 Å². The molecule has 3 aromatic heterocycles. The number of aryl methyl sites for hydroxylation is 1. The Kier molecular flexibility index (Phi) is 11.1. The lowest BCUT2D eigenvalue weighted by Gasteiger charge is -2.10. The van der Waals surface area contributed by atoms with Crippen molar-refractivity contribution in [3.05, 3.63) is 60.4 Å². The molecule has 9 heteroatoms. The highest BCUT2D eigenvalue weighted by Crippen LogP contribution is 2.24. The van der Waals surface area contributed by atoms with Gasteiger partial charge in [0, 0.05) is 25.4 Å². The van der Waals surface area contributed by atoms with Gasteiger partial charge in [-0.2, -0.15) is 10.1 Å². The minimum absolute atomic E-state index is 0.433. The normalized spacial score (nSPS) is 14.7. The standard InChI is InChI=1S/C21H23N7.C3H8.CH4O.CH2O/c1-15-5-3-6-16(11-15)19-7-4-8-20-24-21(25-28(19)20)23-17-12-22-27(13-17)18-9-10-26(2)14-18;1-3-2;2*1-2/h3-8,11-13,18H,9-10,14H2,1-2H3,(H,23,25);3H2,1-2H3;2H,1H3;1H2. The number of hydrogen-bond donors (Lipinski definition) is 2. The fourth-order valence-corrected chi connectivity index (χ4v) is 3.84. The number of carbonyl (C=O) groups is 1. The van der Waals surface area contributed by atoms with Crippen LogP contribution < -0.4 is 5.32 Å². The van der Waals surface area contributed by atoms with E-state index in [1.54, 1.807) is 0 Å². The fraction of sp³-hybridized carbons (Fsp3) is 0.385. The summed E-state index contributed by atoms with van der Waals surface area (Å²) in [7, 11) is 3.15. The van der Waals surface area contributed by atoms with Gasteiger partial charge in [0.15, 0.2) is 5.65 Å². The van der Waals surface area contributed by atoms with E-state index in [9.17, 15) is 0 Å². The molecule has 1 aromatic carbocycles. The Morgan fingerprint density at radius 2 is 1.86 bits per heavy atom. The molecule has 0 radical (unpaired) electrons. The first-order valence-corrected chi connectivity index (χ1v) is 11.7. The lowest BCUT2D eigenvalue weighted by molar-refractivity contribution is -0.0979. The van der Waals surface area contributed by atoms with Gasteiger partial charge in [-0.1, -0.05) is 50.1 Å². The summed E-state index contributed by atoms with van der Waals surface area (Å²) in [4.78, 5) is 15.0. The Morgan fingerprint density at radius 1 is 1.14 bits per heavy atom. The lowest BCUT2D eigenvalue weighted by atomic mass is 10.1. The number of nitrogens with zero attached hydrogens (tertiary/aromatic N) is 6. The number of hydrogen-bond acceptors (Lipinski definition) is 7. The van der Waals surface area contributed by atoms with Crippen LogP contribution in [0.2, 0.25) is 0 Å². The van der Waals surface area contributed by atoms with Crippen molar-refractivity contribution < 1.29 is 9.90 Å². The van der Waals surface area contributed by atoms with Crippen molar-refractivity contribution in [2.24, 2.45) is 0 Å². The van der Waals surface area contributed by atoms with Gasteiger partial charge < -0.3 is 20.1 Å². The number of pyridine rings is 1. The van der Waals surface area contributed by atoms with E-state index in [-0.39, 0.29) is 0 Å². The summed E-state index contributed by atoms with van der Waals surface area (Å²) in [5.74, 6) is 0.572. The van der Waals surface area contributed by atoms with Gasteiger partial charge in [0.1, 0.15) is 6.79 Å². The number of aromatic nitrogens is 5. The Morgan fingerprint density at radius 3 is 2.51 bits per heavy atom. The number of nitrogens with one attached hydrogen (secondary N) is 1. The molecule has 0 amide bonds. The molecule has 1 aliphatic heterocycles. The maximum absolute atomic E-state index is 8.00. The van der Waals surface area contributed by atoms with Gasteiger partial charge in [-0.05, 0) is 45.1 Å². The molecule has 5 rings (SSSR count). The van der Waals surface area contributed by atoms with Crippen LogP contribution in [0.1, 0.15) is 38.3 Å². The molecular formula is C26H37N7O2. The number of rotatable bonds is 4. The van der Waals surface area contributed by atoms with Crippen molar-refractivity contribution in [1.82, 2.24) is 29.3 Å². The van der Waals surface area contributed by atoms with Gasteiger partial charge in [-0.15, -0.1) is 5.10 Å². The van der Waals surface area contributed by atoms with Gasteiger partial charge in [-0.3, -0.25) is 4.68 Å². The van der Waals surface area contributed by atoms with Crippen molar-refractivity contribution in [1.29, 1.82) is 0 Å². The van der Waals surface area contributed by atoms with Crippen LogP contribution in [0.25, 0.3) is 16.9 Å². The highest BCUT2D eigenvalue weighted by Gasteiger charge is 2.21. The van der Waals surface area contributed by atoms with Crippen LogP contribution in [0.15, 0.2) is 54.9 Å². The van der Waals surface area contributed by atoms with Crippen LogP contribution in [0, 0.1) is 6.92 Å². The average molecular weight is 480 g/mol. The number of likely N-dealkylation sites (N-methyl/N-ethyl adjacent to an activating group) is 1. The third kappa shape index (κ3) is 7.21. The second-order valence-electron chi connectivity index (χ2n) is 8.23. The first-order chi connectivity index (χ1) is 17.1. The van der Waals surface area contributed by atoms with Crippen LogP contribution in [0.3, 0.4) is 0 Å². The van der Waals surface area contributed by atoms with E-state index in [0.29, 0.717) is 12.0 Å². The van der Waals surface area contributed by atoms with Crippen LogP contribution in [-0.4, -0.2) is 68.4 Å². The zero-order valence-corrected chi connectivity index (χ0v) is 21.3. The van der Waals surface area contributed by atoms with Crippen molar-refractivity contribution >= 4 is 24.1 Å². The highest BCUT2D eigenvalue weighted by atomic mass is 16.2. The number of aliphatic hydroxyl groups is 1. The number of likely N-dealkylation sites (tertiary alicyclic amines) is 1. The number of fused-ring (bicyclic) bond motifs is 1. The molecule has 0 saturated carbocycles. The molecule has 188 valence electrons. The van der Waals surface area contributed by atoms with Gasteiger partial charge in [0.05, 0.1) is 23.6 Å². The Balaban J connectivity index is 0.000000563. The summed E-state index contributed by atoms with van der Waals surface area (Å²) < 4.78 is 3.92. The monoisotopic (exact) mass is 479 g/mol. The number of anilines is 2.